The highest BCUT2D eigenvalue weighted by Gasteiger charge is 2.25. The van der Waals surface area contributed by atoms with E-state index in [2.05, 4.69) is 10.2 Å². The van der Waals surface area contributed by atoms with Crippen LogP contribution in [0.5, 0.6) is 0 Å². The van der Waals surface area contributed by atoms with Gasteiger partial charge in [0.25, 0.3) is 5.91 Å². The molecule has 4 rings (SSSR count). The molecule has 0 aliphatic carbocycles. The fraction of sp³-hybridized carbons (Fsp3) is 0.450. The van der Waals surface area contributed by atoms with Gasteiger partial charge in [0, 0.05) is 63.9 Å². The number of piperidine rings is 1. The van der Waals surface area contributed by atoms with Gasteiger partial charge in [-0.2, -0.15) is 0 Å². The summed E-state index contributed by atoms with van der Waals surface area (Å²) in [5, 5.41) is 2.92. The molecule has 3 aromatic rings. The maximum atomic E-state index is 13.2. The second-order valence-corrected chi connectivity index (χ2v) is 13.7. The van der Waals surface area contributed by atoms with E-state index in [1.807, 2.05) is 87.5 Å². The van der Waals surface area contributed by atoms with Crippen molar-refractivity contribution < 1.29 is 33.4 Å². The molecule has 11 nitrogen and oxygen atoms in total. The van der Waals surface area contributed by atoms with Crippen LogP contribution in [0.2, 0.25) is 0 Å². The normalized spacial score (nSPS) is 13.6. The van der Waals surface area contributed by atoms with Gasteiger partial charge >= 0.3 is 18.2 Å². The lowest BCUT2D eigenvalue weighted by molar-refractivity contribution is -0.143. The molecule has 0 spiro atoms. The topological polar surface area (TPSA) is 118 Å². The van der Waals surface area contributed by atoms with E-state index in [0.717, 1.165) is 42.6 Å². The number of carbonyl (C=O) groups is 4. The zero-order valence-corrected chi connectivity index (χ0v) is 30.6. The van der Waals surface area contributed by atoms with Crippen LogP contribution < -0.4 is 5.32 Å². The van der Waals surface area contributed by atoms with E-state index in [1.54, 1.807) is 35.9 Å². The summed E-state index contributed by atoms with van der Waals surface area (Å²) in [6, 6.07) is 24.8. The fourth-order valence-electron chi connectivity index (χ4n) is 5.80. The van der Waals surface area contributed by atoms with Crippen molar-refractivity contribution in [2.75, 3.05) is 51.7 Å². The van der Waals surface area contributed by atoms with Gasteiger partial charge in [-0.25, -0.2) is 9.59 Å². The number of hydrogen-bond donors (Lipinski definition) is 1. The van der Waals surface area contributed by atoms with Crippen molar-refractivity contribution in [3.63, 3.8) is 0 Å². The standard InChI is InChI=1S/C40H52N4O7/c1-6-49-36(45)17-12-24-44(39(48)51-40(2,3)4)29-30-18-20-32(21-19-30)37(46)42(5)27-28-43-25-22-33(23-26-43)50-38(47)41-35-16-11-10-15-34(35)31-13-8-7-9-14-31/h7-11,13-16,18-21,33H,6,12,17,22-29H2,1-5H3,(H,41,47). The van der Waals surface area contributed by atoms with E-state index in [0.29, 0.717) is 43.9 Å². The van der Waals surface area contributed by atoms with Gasteiger partial charge in [0.05, 0.1) is 12.3 Å². The van der Waals surface area contributed by atoms with E-state index >= 15 is 0 Å². The third kappa shape index (κ3) is 12.7. The van der Waals surface area contributed by atoms with E-state index in [1.165, 1.54) is 0 Å². The van der Waals surface area contributed by atoms with Crippen LogP contribution in [0.25, 0.3) is 11.1 Å². The number of esters is 1. The molecule has 11 heteroatoms. The summed E-state index contributed by atoms with van der Waals surface area (Å²) in [6.45, 7) is 10.9. The van der Waals surface area contributed by atoms with Crippen molar-refractivity contribution in [1.29, 1.82) is 0 Å². The Morgan fingerprint density at radius 1 is 0.882 bits per heavy atom. The first-order chi connectivity index (χ1) is 24.4. The molecule has 1 aliphatic heterocycles. The third-order valence-corrected chi connectivity index (χ3v) is 8.50. The number of hydrogen-bond acceptors (Lipinski definition) is 8. The van der Waals surface area contributed by atoms with Crippen molar-refractivity contribution in [3.8, 4) is 11.1 Å². The number of likely N-dealkylation sites (N-methyl/N-ethyl adjacent to an activating group) is 1. The fourth-order valence-corrected chi connectivity index (χ4v) is 5.80. The highest BCUT2D eigenvalue weighted by atomic mass is 16.6. The predicted octanol–water partition coefficient (Wildman–Crippen LogP) is 7.22. The van der Waals surface area contributed by atoms with Crippen molar-refractivity contribution in [3.05, 3.63) is 90.0 Å². The number of nitrogens with one attached hydrogen (secondary N) is 1. The molecule has 0 saturated carbocycles. The molecule has 1 saturated heterocycles. The predicted molar refractivity (Wildman–Crippen MR) is 197 cm³/mol. The minimum Gasteiger partial charge on any atom is -0.466 e. The lowest BCUT2D eigenvalue weighted by Crippen LogP contribution is -2.42. The van der Waals surface area contributed by atoms with Crippen molar-refractivity contribution in [2.24, 2.45) is 0 Å². The van der Waals surface area contributed by atoms with Crippen LogP contribution in [-0.2, 0) is 25.5 Å². The van der Waals surface area contributed by atoms with Gasteiger partial charge in [-0.05, 0) is 76.3 Å². The third-order valence-electron chi connectivity index (χ3n) is 8.50. The number of para-hydroxylation sites is 1. The number of carbonyl (C=O) groups excluding carboxylic acids is 4. The van der Waals surface area contributed by atoms with E-state index in [4.69, 9.17) is 14.2 Å². The molecule has 3 aromatic carbocycles. The number of nitrogens with zero attached hydrogens (tertiary/aromatic N) is 3. The van der Waals surface area contributed by atoms with Gasteiger partial charge in [0.15, 0.2) is 0 Å². The highest BCUT2D eigenvalue weighted by Crippen LogP contribution is 2.28. The lowest BCUT2D eigenvalue weighted by Gasteiger charge is -2.32. The van der Waals surface area contributed by atoms with Crippen LogP contribution in [0.4, 0.5) is 15.3 Å². The summed E-state index contributed by atoms with van der Waals surface area (Å²) in [5.41, 5.74) is 3.40. The maximum Gasteiger partial charge on any atom is 0.411 e. The van der Waals surface area contributed by atoms with Crippen LogP contribution in [0.1, 0.15) is 69.3 Å². The molecular weight excluding hydrogens is 648 g/mol. The summed E-state index contributed by atoms with van der Waals surface area (Å²) in [4.78, 5) is 56.3. The summed E-state index contributed by atoms with van der Waals surface area (Å²) in [5.74, 6) is -0.390. The van der Waals surface area contributed by atoms with Crippen LogP contribution in [0.3, 0.4) is 0 Å². The van der Waals surface area contributed by atoms with Crippen LogP contribution >= 0.6 is 0 Å². The minimum atomic E-state index is -0.659. The average molecular weight is 701 g/mol. The maximum absolute atomic E-state index is 13.2. The van der Waals surface area contributed by atoms with Gasteiger partial charge in [-0.15, -0.1) is 0 Å². The Morgan fingerprint density at radius 2 is 1.55 bits per heavy atom. The Hall–Kier alpha value is -4.90. The first-order valence-corrected chi connectivity index (χ1v) is 17.7. The van der Waals surface area contributed by atoms with E-state index in [9.17, 15) is 19.2 Å². The number of rotatable bonds is 14. The summed E-state index contributed by atoms with van der Waals surface area (Å²) < 4.78 is 16.4. The molecule has 1 heterocycles. The van der Waals surface area contributed by atoms with Gasteiger partial charge in [-0.1, -0.05) is 60.7 Å². The molecule has 0 unspecified atom stereocenters. The largest absolute Gasteiger partial charge is 0.466 e. The summed E-state index contributed by atoms with van der Waals surface area (Å²) in [6.07, 6.45) is 0.998. The zero-order valence-electron chi connectivity index (χ0n) is 30.6. The smallest absolute Gasteiger partial charge is 0.411 e. The zero-order chi connectivity index (χ0) is 36.8. The van der Waals surface area contributed by atoms with Crippen molar-refractivity contribution in [1.82, 2.24) is 14.7 Å². The second kappa shape index (κ2) is 18.9. The SMILES string of the molecule is CCOC(=O)CCCN(Cc1ccc(C(=O)N(C)CCN2CCC(OC(=O)Nc3ccccc3-c3ccccc3)CC2)cc1)C(=O)OC(C)(C)C. The molecule has 51 heavy (non-hydrogen) atoms. The van der Waals surface area contributed by atoms with Crippen LogP contribution in [0, 0.1) is 0 Å². The van der Waals surface area contributed by atoms with Crippen LogP contribution in [0.15, 0.2) is 78.9 Å². The second-order valence-electron chi connectivity index (χ2n) is 13.7. The Kier molecular flexibility index (Phi) is 14.4. The van der Waals surface area contributed by atoms with Gasteiger partial charge in [-0.3, -0.25) is 14.9 Å². The Morgan fingerprint density at radius 3 is 2.22 bits per heavy atom. The molecule has 0 radical (unpaired) electrons. The monoisotopic (exact) mass is 700 g/mol. The highest BCUT2D eigenvalue weighted by molar-refractivity contribution is 5.94. The van der Waals surface area contributed by atoms with Gasteiger partial charge in [0.2, 0.25) is 0 Å². The Labute approximate surface area is 301 Å². The number of benzene rings is 3. The molecule has 1 N–H and O–H groups in total. The number of amides is 3. The Bertz CT molecular complexity index is 1580. The first-order valence-electron chi connectivity index (χ1n) is 17.7. The molecule has 3 amide bonds. The van der Waals surface area contributed by atoms with Crippen molar-refractivity contribution in [2.45, 2.75) is 71.6 Å². The molecule has 0 atom stereocenters. The molecular formula is C40H52N4O7. The van der Waals surface area contributed by atoms with E-state index in [-0.39, 0.29) is 30.9 Å². The quantitative estimate of drug-likeness (QED) is 0.138. The Balaban J connectivity index is 1.21. The number of ether oxygens (including phenoxy) is 3. The summed E-state index contributed by atoms with van der Waals surface area (Å²) in [7, 11) is 1.79. The van der Waals surface area contributed by atoms with Gasteiger partial charge in [0.1, 0.15) is 11.7 Å². The molecule has 0 bridgehead atoms. The van der Waals surface area contributed by atoms with Crippen LogP contribution in [-0.4, -0.2) is 96.8 Å². The number of anilines is 1. The van der Waals surface area contributed by atoms with Gasteiger partial charge < -0.3 is 28.9 Å². The molecule has 0 aromatic heterocycles. The first kappa shape index (κ1) is 38.9. The molecule has 1 aliphatic rings. The number of likely N-dealkylation sites (tertiary alicyclic amines) is 1. The average Bonchev–Trinajstić information content (AvgIpc) is 3.10. The lowest BCUT2D eigenvalue weighted by atomic mass is 10.0. The molecule has 1 fully saturated rings. The minimum absolute atomic E-state index is 0.0920. The summed E-state index contributed by atoms with van der Waals surface area (Å²) >= 11 is 0. The van der Waals surface area contributed by atoms with E-state index < -0.39 is 17.8 Å². The van der Waals surface area contributed by atoms with Crippen molar-refractivity contribution >= 4 is 29.8 Å². The molecule has 274 valence electrons.